The van der Waals surface area contributed by atoms with Crippen molar-refractivity contribution in [3.63, 3.8) is 0 Å². The molecule has 0 aromatic carbocycles. The second kappa shape index (κ2) is 5.41. The van der Waals surface area contributed by atoms with E-state index < -0.39 is 11.7 Å². The summed E-state index contributed by atoms with van der Waals surface area (Å²) in [6, 6.07) is 0. The summed E-state index contributed by atoms with van der Waals surface area (Å²) in [7, 11) is 0. The zero-order valence-corrected chi connectivity index (χ0v) is 7.14. The molecule has 0 heterocycles. The van der Waals surface area contributed by atoms with Crippen LogP contribution in [0, 0.1) is 0 Å². The Morgan fingerprint density at radius 1 is 1.23 bits per heavy atom. The molecular weight excluding hydrogens is 177 g/mol. The first-order chi connectivity index (χ1) is 5.98. The van der Waals surface area contributed by atoms with E-state index in [1.54, 1.807) is 18.2 Å². The van der Waals surface area contributed by atoms with Crippen molar-refractivity contribution in [1.82, 2.24) is 0 Å². The van der Waals surface area contributed by atoms with Crippen LogP contribution in [-0.2, 0) is 0 Å². The summed E-state index contributed by atoms with van der Waals surface area (Å²) >= 11 is 0. The zero-order chi connectivity index (χ0) is 10.3. The summed E-state index contributed by atoms with van der Waals surface area (Å²) in [4.78, 5) is 0. The van der Waals surface area contributed by atoms with Gasteiger partial charge >= 0.3 is 6.18 Å². The van der Waals surface area contributed by atoms with Crippen LogP contribution >= 0.6 is 0 Å². The lowest BCUT2D eigenvalue weighted by atomic mass is 10.2. The standard InChI is InChI=1S/C10H11F3/c1-3-4-5-6-7-8-9(2)10(11,12)13/h3-5,7-8H,1-2,6H2/b5-4+,8-7-. The Bertz CT molecular complexity index is 231. The molecule has 0 aromatic heterocycles. The van der Waals surface area contributed by atoms with E-state index in [-0.39, 0.29) is 0 Å². The quantitative estimate of drug-likeness (QED) is 0.589. The van der Waals surface area contributed by atoms with E-state index in [4.69, 9.17) is 0 Å². The van der Waals surface area contributed by atoms with E-state index >= 15 is 0 Å². The first-order valence-electron chi connectivity index (χ1n) is 3.68. The van der Waals surface area contributed by atoms with E-state index in [0.717, 1.165) is 6.08 Å². The highest BCUT2D eigenvalue weighted by Gasteiger charge is 2.29. The van der Waals surface area contributed by atoms with Crippen molar-refractivity contribution in [2.45, 2.75) is 12.6 Å². The lowest BCUT2D eigenvalue weighted by Gasteiger charge is -2.03. The summed E-state index contributed by atoms with van der Waals surface area (Å²) in [5, 5.41) is 0. The maximum Gasteiger partial charge on any atom is 0.415 e. The Kier molecular flexibility index (Phi) is 4.89. The van der Waals surface area contributed by atoms with Crippen molar-refractivity contribution >= 4 is 0 Å². The Morgan fingerprint density at radius 2 is 1.85 bits per heavy atom. The van der Waals surface area contributed by atoms with Gasteiger partial charge < -0.3 is 0 Å². The molecular formula is C10H11F3. The van der Waals surface area contributed by atoms with Gasteiger partial charge in [0.25, 0.3) is 0 Å². The molecule has 0 aliphatic heterocycles. The topological polar surface area (TPSA) is 0 Å². The Labute approximate surface area is 75.8 Å². The van der Waals surface area contributed by atoms with Crippen LogP contribution in [0.4, 0.5) is 13.2 Å². The molecule has 0 N–H and O–H groups in total. The average molecular weight is 188 g/mol. The smallest absolute Gasteiger partial charge is 0.166 e. The number of halogens is 3. The highest BCUT2D eigenvalue weighted by atomic mass is 19.4. The molecule has 13 heavy (non-hydrogen) atoms. The van der Waals surface area contributed by atoms with Gasteiger partial charge in [0.05, 0.1) is 0 Å². The molecule has 0 unspecified atom stereocenters. The van der Waals surface area contributed by atoms with Crippen molar-refractivity contribution in [1.29, 1.82) is 0 Å². The predicted molar refractivity (Wildman–Crippen MR) is 48.3 cm³/mol. The normalized spacial score (nSPS) is 12.5. The van der Waals surface area contributed by atoms with Gasteiger partial charge in [-0.05, 0) is 6.42 Å². The summed E-state index contributed by atoms with van der Waals surface area (Å²) in [6.45, 7) is 6.31. The van der Waals surface area contributed by atoms with Gasteiger partial charge in [-0.3, -0.25) is 0 Å². The van der Waals surface area contributed by atoms with E-state index in [2.05, 4.69) is 13.2 Å². The molecule has 0 radical (unpaired) electrons. The van der Waals surface area contributed by atoms with Gasteiger partial charge in [-0.1, -0.05) is 43.5 Å². The van der Waals surface area contributed by atoms with Crippen LogP contribution in [0.1, 0.15) is 6.42 Å². The summed E-state index contributed by atoms with van der Waals surface area (Å²) < 4.78 is 35.5. The van der Waals surface area contributed by atoms with Crippen molar-refractivity contribution in [2.24, 2.45) is 0 Å². The first-order valence-corrected chi connectivity index (χ1v) is 3.68. The van der Waals surface area contributed by atoms with Crippen molar-refractivity contribution in [3.05, 3.63) is 49.1 Å². The second-order valence-corrected chi connectivity index (χ2v) is 2.32. The SMILES string of the molecule is C=C/C=C/C/C=C\C(=C)C(F)(F)F. The lowest BCUT2D eigenvalue weighted by Crippen LogP contribution is -2.08. The minimum Gasteiger partial charge on any atom is -0.166 e. The molecule has 0 aromatic rings. The average Bonchev–Trinajstić information content (AvgIpc) is 2.02. The molecule has 0 fully saturated rings. The monoisotopic (exact) mass is 188 g/mol. The predicted octanol–water partition coefficient (Wildman–Crippen LogP) is 3.79. The number of hydrogen-bond donors (Lipinski definition) is 0. The number of rotatable bonds is 4. The van der Waals surface area contributed by atoms with Gasteiger partial charge in [-0.15, -0.1) is 0 Å². The fourth-order valence-corrected chi connectivity index (χ4v) is 0.558. The maximum atomic E-state index is 11.8. The van der Waals surface area contributed by atoms with Crippen LogP contribution in [-0.4, -0.2) is 6.18 Å². The Morgan fingerprint density at radius 3 is 2.31 bits per heavy atom. The van der Waals surface area contributed by atoms with Crippen molar-refractivity contribution < 1.29 is 13.2 Å². The fraction of sp³-hybridized carbons (Fsp3) is 0.200. The van der Waals surface area contributed by atoms with E-state index in [1.165, 1.54) is 6.08 Å². The van der Waals surface area contributed by atoms with Crippen LogP contribution in [0.2, 0.25) is 0 Å². The molecule has 72 valence electrons. The second-order valence-electron chi connectivity index (χ2n) is 2.32. The third-order valence-electron chi connectivity index (χ3n) is 1.23. The fourth-order valence-electron chi connectivity index (χ4n) is 0.558. The van der Waals surface area contributed by atoms with Crippen LogP contribution in [0.25, 0.3) is 0 Å². The molecule has 0 atom stereocenters. The highest BCUT2D eigenvalue weighted by Crippen LogP contribution is 2.24. The Hall–Kier alpha value is -1.25. The summed E-state index contributed by atoms with van der Waals surface area (Å²) in [5.41, 5.74) is -0.834. The van der Waals surface area contributed by atoms with Crippen LogP contribution in [0.5, 0.6) is 0 Å². The van der Waals surface area contributed by atoms with Crippen LogP contribution in [0.15, 0.2) is 49.1 Å². The minimum atomic E-state index is -4.32. The Balaban J connectivity index is 3.93. The molecule has 3 heteroatoms. The highest BCUT2D eigenvalue weighted by molar-refractivity contribution is 5.20. The molecule has 0 aliphatic carbocycles. The third-order valence-corrected chi connectivity index (χ3v) is 1.23. The molecule has 0 saturated heterocycles. The van der Waals surface area contributed by atoms with Crippen molar-refractivity contribution in [2.75, 3.05) is 0 Å². The molecule has 0 amide bonds. The van der Waals surface area contributed by atoms with Gasteiger partial charge in [-0.2, -0.15) is 13.2 Å². The number of alkyl halides is 3. The minimum absolute atomic E-state index is 0.446. The maximum absolute atomic E-state index is 11.8. The first kappa shape index (κ1) is 11.8. The van der Waals surface area contributed by atoms with Crippen LogP contribution < -0.4 is 0 Å². The lowest BCUT2D eigenvalue weighted by molar-refractivity contribution is -0.0878. The molecule has 0 bridgehead atoms. The largest absolute Gasteiger partial charge is 0.415 e. The molecule has 0 rings (SSSR count). The van der Waals surface area contributed by atoms with E-state index in [9.17, 15) is 13.2 Å². The van der Waals surface area contributed by atoms with Crippen LogP contribution in [0.3, 0.4) is 0 Å². The number of allylic oxidation sites excluding steroid dienone is 6. The van der Waals surface area contributed by atoms with Gasteiger partial charge in [0, 0.05) is 5.57 Å². The molecule has 0 spiro atoms. The van der Waals surface area contributed by atoms with Crippen molar-refractivity contribution in [3.8, 4) is 0 Å². The molecule has 0 saturated carbocycles. The van der Waals surface area contributed by atoms with E-state index in [0.29, 0.717) is 6.42 Å². The van der Waals surface area contributed by atoms with Gasteiger partial charge in [-0.25, -0.2) is 0 Å². The van der Waals surface area contributed by atoms with E-state index in [1.807, 2.05) is 0 Å². The van der Waals surface area contributed by atoms with Gasteiger partial charge in [0.2, 0.25) is 0 Å². The summed E-state index contributed by atoms with van der Waals surface area (Å²) in [6.07, 6.45) is 3.42. The van der Waals surface area contributed by atoms with Gasteiger partial charge in [0.1, 0.15) is 0 Å². The third kappa shape index (κ3) is 5.96. The zero-order valence-electron chi connectivity index (χ0n) is 7.14. The molecule has 0 nitrogen and oxygen atoms in total. The summed E-state index contributed by atoms with van der Waals surface area (Å²) in [5.74, 6) is 0. The van der Waals surface area contributed by atoms with Gasteiger partial charge in [0.15, 0.2) is 0 Å². The number of hydrogen-bond acceptors (Lipinski definition) is 0. The molecule has 0 aliphatic rings.